The van der Waals surface area contributed by atoms with E-state index in [0.29, 0.717) is 31.1 Å². The van der Waals surface area contributed by atoms with Crippen LogP contribution in [0.5, 0.6) is 0 Å². The number of nitrogens with one attached hydrogen (secondary N) is 3. The molecular weight excluding hydrogens is 541 g/mol. The quantitative estimate of drug-likeness (QED) is 0.195. The van der Waals surface area contributed by atoms with Crippen LogP contribution in [0.2, 0.25) is 0 Å². The normalized spacial score (nSPS) is 13.8. The van der Waals surface area contributed by atoms with Gasteiger partial charge in [0.1, 0.15) is 0 Å². The van der Waals surface area contributed by atoms with Crippen LogP contribution in [0.1, 0.15) is 53.2 Å². The molecule has 2 aromatic rings. The first-order valence-electron chi connectivity index (χ1n) is 11.6. The highest BCUT2D eigenvalue weighted by Gasteiger charge is 2.22. The summed E-state index contributed by atoms with van der Waals surface area (Å²) in [6, 6.07) is 16.4. The standard InChI is InChI=1S/C26H35N5O2.HI/c1-19(2)22-10-6-20(7-11-22)5-4-14-29-26(27-3)30-17-21-8-12-23(13-9-21)25(33)31-16-15-28-24(32)18-31;/h6-13,19H,4-5,14-18H2,1-3H3,(H,28,32)(H2,27,29,30);1H. The average Bonchev–Trinajstić information content (AvgIpc) is 2.83. The maximum atomic E-state index is 12.6. The smallest absolute Gasteiger partial charge is 0.254 e. The summed E-state index contributed by atoms with van der Waals surface area (Å²) in [6.07, 6.45) is 2.05. The van der Waals surface area contributed by atoms with Crippen LogP contribution in [-0.2, 0) is 17.8 Å². The van der Waals surface area contributed by atoms with Gasteiger partial charge in [-0.2, -0.15) is 0 Å². The molecule has 0 spiro atoms. The number of piperazine rings is 1. The highest BCUT2D eigenvalue weighted by molar-refractivity contribution is 14.0. The Morgan fingerprint density at radius 3 is 2.35 bits per heavy atom. The molecule has 0 radical (unpaired) electrons. The number of hydrogen-bond donors (Lipinski definition) is 3. The van der Waals surface area contributed by atoms with E-state index >= 15 is 0 Å². The van der Waals surface area contributed by atoms with Crippen molar-refractivity contribution >= 4 is 41.8 Å². The van der Waals surface area contributed by atoms with Gasteiger partial charge in [-0.25, -0.2) is 0 Å². The van der Waals surface area contributed by atoms with E-state index in [0.717, 1.165) is 30.9 Å². The van der Waals surface area contributed by atoms with E-state index in [-0.39, 0.29) is 42.3 Å². The van der Waals surface area contributed by atoms with Crippen molar-refractivity contribution in [3.05, 3.63) is 70.8 Å². The first-order valence-corrected chi connectivity index (χ1v) is 11.6. The van der Waals surface area contributed by atoms with Crippen molar-refractivity contribution in [3.8, 4) is 0 Å². The van der Waals surface area contributed by atoms with Crippen LogP contribution in [0, 0.1) is 0 Å². The summed E-state index contributed by atoms with van der Waals surface area (Å²) in [5.74, 6) is 1.09. The zero-order valence-corrected chi connectivity index (χ0v) is 22.6. The number of halogens is 1. The van der Waals surface area contributed by atoms with E-state index in [1.165, 1.54) is 11.1 Å². The molecule has 1 fully saturated rings. The molecule has 0 aromatic heterocycles. The van der Waals surface area contributed by atoms with Crippen LogP contribution in [0.15, 0.2) is 53.5 Å². The Morgan fingerprint density at radius 1 is 1.06 bits per heavy atom. The van der Waals surface area contributed by atoms with Crippen molar-refractivity contribution in [3.63, 3.8) is 0 Å². The van der Waals surface area contributed by atoms with E-state index in [9.17, 15) is 9.59 Å². The lowest BCUT2D eigenvalue weighted by atomic mass is 10.0. The van der Waals surface area contributed by atoms with Gasteiger partial charge in [0.2, 0.25) is 5.91 Å². The minimum atomic E-state index is -0.113. The van der Waals surface area contributed by atoms with Crippen molar-refractivity contribution < 1.29 is 9.59 Å². The molecular formula is C26H36IN5O2. The minimum Gasteiger partial charge on any atom is -0.356 e. The number of rotatable bonds is 8. The zero-order valence-electron chi connectivity index (χ0n) is 20.3. The van der Waals surface area contributed by atoms with E-state index in [2.05, 4.69) is 59.1 Å². The van der Waals surface area contributed by atoms with Crippen molar-refractivity contribution in [2.45, 2.75) is 39.2 Å². The summed E-state index contributed by atoms with van der Waals surface area (Å²) in [5, 5.41) is 9.40. The van der Waals surface area contributed by atoms with Crippen LogP contribution in [0.3, 0.4) is 0 Å². The molecule has 0 aliphatic carbocycles. The molecule has 2 aromatic carbocycles. The highest BCUT2D eigenvalue weighted by atomic mass is 127. The highest BCUT2D eigenvalue weighted by Crippen LogP contribution is 2.15. The van der Waals surface area contributed by atoms with Crippen LogP contribution in [-0.4, -0.2) is 55.9 Å². The third kappa shape index (κ3) is 8.30. The molecule has 8 heteroatoms. The Balaban J connectivity index is 0.00000408. The van der Waals surface area contributed by atoms with Gasteiger partial charge >= 0.3 is 0 Å². The largest absolute Gasteiger partial charge is 0.356 e. The Hall–Kier alpha value is -2.62. The zero-order chi connectivity index (χ0) is 23.6. The number of nitrogens with zero attached hydrogens (tertiary/aromatic N) is 2. The van der Waals surface area contributed by atoms with Crippen molar-refractivity contribution in [2.24, 2.45) is 4.99 Å². The number of aliphatic imine (C=N–C) groups is 1. The third-order valence-corrected chi connectivity index (χ3v) is 5.79. The summed E-state index contributed by atoms with van der Waals surface area (Å²) >= 11 is 0. The van der Waals surface area contributed by atoms with Crippen LogP contribution < -0.4 is 16.0 Å². The number of hydrogen-bond acceptors (Lipinski definition) is 3. The number of carbonyl (C=O) groups is 2. The first kappa shape index (κ1) is 27.6. The van der Waals surface area contributed by atoms with E-state index in [1.54, 1.807) is 11.9 Å². The summed E-state index contributed by atoms with van der Waals surface area (Å²) < 4.78 is 0. The summed E-state index contributed by atoms with van der Waals surface area (Å²) in [6.45, 7) is 7.03. The molecule has 0 atom stereocenters. The second kappa shape index (κ2) is 13.9. The van der Waals surface area contributed by atoms with Gasteiger partial charge < -0.3 is 20.9 Å². The molecule has 0 unspecified atom stereocenters. The maximum absolute atomic E-state index is 12.6. The van der Waals surface area contributed by atoms with Gasteiger partial charge in [0.05, 0.1) is 6.54 Å². The fourth-order valence-electron chi connectivity index (χ4n) is 3.73. The Bertz CT molecular complexity index is 958. The lowest BCUT2D eigenvalue weighted by molar-refractivity contribution is -0.123. The molecule has 3 N–H and O–H groups in total. The Morgan fingerprint density at radius 2 is 1.74 bits per heavy atom. The fourth-order valence-corrected chi connectivity index (χ4v) is 3.73. The van der Waals surface area contributed by atoms with E-state index in [1.807, 2.05) is 24.3 Å². The summed E-state index contributed by atoms with van der Waals surface area (Å²) in [4.78, 5) is 29.9. The van der Waals surface area contributed by atoms with Crippen molar-refractivity contribution in [1.29, 1.82) is 0 Å². The molecule has 3 rings (SSSR count). The number of aryl methyl sites for hydroxylation is 1. The van der Waals surface area contributed by atoms with Crippen molar-refractivity contribution in [1.82, 2.24) is 20.9 Å². The molecule has 2 amide bonds. The molecule has 1 heterocycles. The van der Waals surface area contributed by atoms with E-state index < -0.39 is 0 Å². The molecule has 7 nitrogen and oxygen atoms in total. The van der Waals surface area contributed by atoms with Gasteiger partial charge in [-0.05, 0) is 47.6 Å². The molecule has 1 aliphatic heterocycles. The predicted molar refractivity (Wildman–Crippen MR) is 148 cm³/mol. The lowest BCUT2D eigenvalue weighted by Gasteiger charge is -2.26. The predicted octanol–water partition coefficient (Wildman–Crippen LogP) is 3.30. The number of benzene rings is 2. The molecule has 184 valence electrons. The first-order chi connectivity index (χ1) is 16.0. The van der Waals surface area contributed by atoms with Gasteiger partial charge in [-0.15, -0.1) is 24.0 Å². The monoisotopic (exact) mass is 577 g/mol. The number of guanidine groups is 1. The average molecular weight is 578 g/mol. The Kier molecular flexibility index (Phi) is 11.3. The molecule has 0 saturated carbocycles. The Labute approximate surface area is 219 Å². The maximum Gasteiger partial charge on any atom is 0.254 e. The molecule has 1 saturated heterocycles. The number of amides is 2. The van der Waals surface area contributed by atoms with Crippen LogP contribution >= 0.6 is 24.0 Å². The van der Waals surface area contributed by atoms with E-state index in [4.69, 9.17) is 0 Å². The topological polar surface area (TPSA) is 85.8 Å². The SMILES string of the molecule is CN=C(NCCCc1ccc(C(C)C)cc1)NCc1ccc(C(=O)N2CCNC(=O)C2)cc1.I. The van der Waals surface area contributed by atoms with Crippen molar-refractivity contribution in [2.75, 3.05) is 33.2 Å². The fraction of sp³-hybridized carbons (Fsp3) is 0.423. The molecule has 0 bridgehead atoms. The lowest BCUT2D eigenvalue weighted by Crippen LogP contribution is -2.49. The number of carbonyl (C=O) groups excluding carboxylic acids is 2. The van der Waals surface area contributed by atoms with Crippen LogP contribution in [0.25, 0.3) is 0 Å². The molecule has 34 heavy (non-hydrogen) atoms. The van der Waals surface area contributed by atoms with Gasteiger partial charge in [0.25, 0.3) is 5.91 Å². The van der Waals surface area contributed by atoms with Gasteiger partial charge in [0.15, 0.2) is 5.96 Å². The second-order valence-electron chi connectivity index (χ2n) is 8.63. The van der Waals surface area contributed by atoms with Gasteiger partial charge in [-0.3, -0.25) is 14.6 Å². The van der Waals surface area contributed by atoms with Gasteiger partial charge in [-0.1, -0.05) is 50.2 Å². The molecule has 1 aliphatic rings. The summed E-state index contributed by atoms with van der Waals surface area (Å²) in [5.41, 5.74) is 4.37. The van der Waals surface area contributed by atoms with Crippen LogP contribution in [0.4, 0.5) is 0 Å². The summed E-state index contributed by atoms with van der Waals surface area (Å²) in [7, 11) is 1.76. The minimum absolute atomic E-state index is 0. The third-order valence-electron chi connectivity index (χ3n) is 5.79. The second-order valence-corrected chi connectivity index (χ2v) is 8.63. The van der Waals surface area contributed by atoms with Gasteiger partial charge in [0, 0.05) is 38.8 Å².